The molecule has 2 aromatic rings. The molecule has 2 aromatic carbocycles. The van der Waals surface area contributed by atoms with Gasteiger partial charge >= 0.3 is 0 Å². The maximum absolute atomic E-state index is 13.3. The number of piperazine rings is 1. The van der Waals surface area contributed by atoms with Crippen molar-refractivity contribution >= 4 is 41.3 Å². The van der Waals surface area contributed by atoms with Crippen molar-refractivity contribution in [1.82, 2.24) is 20.4 Å². The van der Waals surface area contributed by atoms with Crippen LogP contribution >= 0.6 is 11.6 Å². The Hall–Kier alpha value is -3.54. The number of hydrogen-bond donors (Lipinski definition) is 4. The molecule has 0 radical (unpaired) electrons. The zero-order chi connectivity index (χ0) is 26.6. The molecule has 2 aliphatic heterocycles. The molecule has 12 heteroatoms. The number of nitrogens with one attached hydrogen (secondary N) is 3. The Balaban J connectivity index is 1.43. The van der Waals surface area contributed by atoms with E-state index in [9.17, 15) is 18.8 Å². The highest BCUT2D eigenvalue weighted by Gasteiger charge is 2.52. The fourth-order valence-electron chi connectivity index (χ4n) is 4.45. The molecule has 196 valence electrons. The molecule has 0 spiro atoms. The van der Waals surface area contributed by atoms with Crippen molar-refractivity contribution in [2.24, 2.45) is 10.7 Å². The van der Waals surface area contributed by atoms with Crippen LogP contribution in [-0.2, 0) is 15.1 Å². The number of primary amides is 1. The van der Waals surface area contributed by atoms with E-state index >= 15 is 0 Å². The van der Waals surface area contributed by atoms with Gasteiger partial charge in [0.05, 0.1) is 16.9 Å². The number of nitrogens with two attached hydrogens (primary N) is 1. The number of anilines is 1. The minimum atomic E-state index is -1.58. The molecule has 2 atom stereocenters. The summed E-state index contributed by atoms with van der Waals surface area (Å²) in [5, 5.41) is 8.41. The quantitative estimate of drug-likeness (QED) is 0.399. The summed E-state index contributed by atoms with van der Waals surface area (Å²) in [5.41, 5.74) is 5.13. The largest absolute Gasteiger partial charge is 0.367 e. The second-order valence-electron chi connectivity index (χ2n) is 9.09. The van der Waals surface area contributed by atoms with Crippen LogP contribution in [0.1, 0.15) is 15.9 Å². The van der Waals surface area contributed by atoms with E-state index in [1.807, 2.05) is 0 Å². The fraction of sp³-hybridized carbons (Fsp3) is 0.360. The Morgan fingerprint density at radius 1 is 1.16 bits per heavy atom. The zero-order valence-electron chi connectivity index (χ0n) is 20.3. The van der Waals surface area contributed by atoms with Crippen LogP contribution in [0.5, 0.6) is 0 Å². The third kappa shape index (κ3) is 5.74. The number of benzene rings is 2. The van der Waals surface area contributed by atoms with Gasteiger partial charge in [0.25, 0.3) is 11.8 Å². The Morgan fingerprint density at radius 3 is 2.51 bits per heavy atom. The summed E-state index contributed by atoms with van der Waals surface area (Å²) in [7, 11) is 2.08. The zero-order valence-corrected chi connectivity index (χ0v) is 21.1. The first-order chi connectivity index (χ1) is 17.7. The molecule has 10 nitrogen and oxygen atoms in total. The summed E-state index contributed by atoms with van der Waals surface area (Å²) in [6.07, 6.45) is 1.31. The van der Waals surface area contributed by atoms with Gasteiger partial charge in [-0.1, -0.05) is 23.7 Å². The molecule has 0 saturated carbocycles. The minimum Gasteiger partial charge on any atom is -0.367 e. The summed E-state index contributed by atoms with van der Waals surface area (Å²) in [4.78, 5) is 47.0. The summed E-state index contributed by atoms with van der Waals surface area (Å²) in [6, 6.07) is 8.68. The van der Waals surface area contributed by atoms with Crippen LogP contribution in [0, 0.1) is 5.82 Å². The average Bonchev–Trinajstić information content (AvgIpc) is 3.32. The number of halogens is 2. The Bertz CT molecular complexity index is 1200. The second-order valence-corrected chi connectivity index (χ2v) is 9.50. The lowest BCUT2D eigenvalue weighted by Crippen LogP contribution is -2.60. The molecule has 37 heavy (non-hydrogen) atoms. The Kier molecular flexibility index (Phi) is 8.06. The van der Waals surface area contributed by atoms with Crippen LogP contribution < -0.4 is 21.7 Å². The molecule has 0 bridgehead atoms. The van der Waals surface area contributed by atoms with Gasteiger partial charge in [-0.15, -0.1) is 0 Å². The van der Waals surface area contributed by atoms with E-state index < -0.39 is 35.1 Å². The van der Waals surface area contributed by atoms with Crippen LogP contribution in [0.2, 0.25) is 5.02 Å². The van der Waals surface area contributed by atoms with Crippen molar-refractivity contribution in [3.63, 3.8) is 0 Å². The molecular weight excluding hydrogens is 501 g/mol. The summed E-state index contributed by atoms with van der Waals surface area (Å²) in [6.45, 7) is 4.92. The van der Waals surface area contributed by atoms with Crippen LogP contribution in [0.15, 0.2) is 47.5 Å². The van der Waals surface area contributed by atoms with E-state index in [1.165, 1.54) is 12.4 Å². The molecule has 5 N–H and O–H groups in total. The highest BCUT2D eigenvalue weighted by Crippen LogP contribution is 2.31. The monoisotopic (exact) mass is 529 g/mol. The SMILES string of the molecule is CN1CCN(CCNC(=O)C2N=CNC2(C(N)=O)c2ccc(NC(=O)c3ccc(F)cc3Cl)cc2)CC1. The number of rotatable bonds is 8. The van der Waals surface area contributed by atoms with Gasteiger partial charge in [0.15, 0.2) is 11.6 Å². The number of likely N-dealkylation sites (N-methyl/N-ethyl adjacent to an activating group) is 1. The predicted octanol–water partition coefficient (Wildman–Crippen LogP) is 0.776. The van der Waals surface area contributed by atoms with E-state index in [1.54, 1.807) is 24.3 Å². The molecular formula is C25H29ClFN7O3. The predicted molar refractivity (Wildman–Crippen MR) is 139 cm³/mol. The Morgan fingerprint density at radius 2 is 1.86 bits per heavy atom. The van der Waals surface area contributed by atoms with Gasteiger partial charge in [-0.2, -0.15) is 0 Å². The summed E-state index contributed by atoms with van der Waals surface area (Å²) < 4.78 is 13.3. The maximum Gasteiger partial charge on any atom is 0.257 e. The normalized spacial score (nSPS) is 21.9. The van der Waals surface area contributed by atoms with Crippen LogP contribution in [-0.4, -0.2) is 86.2 Å². The van der Waals surface area contributed by atoms with Gasteiger partial charge in [-0.3, -0.25) is 24.3 Å². The van der Waals surface area contributed by atoms with E-state index in [4.69, 9.17) is 17.3 Å². The van der Waals surface area contributed by atoms with E-state index in [0.29, 0.717) is 24.3 Å². The second kappa shape index (κ2) is 11.2. The van der Waals surface area contributed by atoms with Crippen molar-refractivity contribution in [3.8, 4) is 0 Å². The van der Waals surface area contributed by atoms with Crippen molar-refractivity contribution in [3.05, 3.63) is 64.4 Å². The van der Waals surface area contributed by atoms with Crippen LogP contribution in [0.3, 0.4) is 0 Å². The lowest BCUT2D eigenvalue weighted by molar-refractivity contribution is -0.131. The number of amides is 3. The van der Waals surface area contributed by atoms with Gasteiger partial charge in [0, 0.05) is 45.0 Å². The van der Waals surface area contributed by atoms with E-state index in [0.717, 1.165) is 38.3 Å². The van der Waals surface area contributed by atoms with E-state index in [-0.39, 0.29) is 10.6 Å². The van der Waals surface area contributed by atoms with Crippen molar-refractivity contribution in [1.29, 1.82) is 0 Å². The third-order valence-electron chi connectivity index (χ3n) is 6.66. The molecule has 4 rings (SSSR count). The molecule has 2 heterocycles. The lowest BCUT2D eigenvalue weighted by atomic mass is 9.82. The first-order valence-corrected chi connectivity index (χ1v) is 12.2. The molecule has 1 fully saturated rings. The van der Waals surface area contributed by atoms with Crippen molar-refractivity contribution < 1.29 is 18.8 Å². The fourth-order valence-corrected chi connectivity index (χ4v) is 4.70. The number of carbonyl (C=O) groups excluding carboxylic acids is 3. The summed E-state index contributed by atoms with van der Waals surface area (Å²) in [5.74, 6) is -2.26. The van der Waals surface area contributed by atoms with Crippen LogP contribution in [0.4, 0.5) is 10.1 Å². The van der Waals surface area contributed by atoms with Gasteiger partial charge in [0.1, 0.15) is 5.82 Å². The highest BCUT2D eigenvalue weighted by molar-refractivity contribution is 6.34. The molecule has 2 unspecified atom stereocenters. The number of hydrogen-bond acceptors (Lipinski definition) is 7. The number of aliphatic imine (C=N–C) groups is 1. The maximum atomic E-state index is 13.3. The molecule has 3 amide bonds. The smallest absolute Gasteiger partial charge is 0.257 e. The van der Waals surface area contributed by atoms with Gasteiger partial charge < -0.3 is 26.6 Å². The minimum absolute atomic E-state index is 0.0180. The average molecular weight is 530 g/mol. The third-order valence-corrected chi connectivity index (χ3v) is 6.97. The Labute approximate surface area is 219 Å². The van der Waals surface area contributed by atoms with Gasteiger partial charge in [0.2, 0.25) is 5.91 Å². The van der Waals surface area contributed by atoms with Crippen molar-refractivity contribution in [2.75, 3.05) is 51.6 Å². The van der Waals surface area contributed by atoms with Gasteiger partial charge in [-0.05, 0) is 42.9 Å². The molecule has 1 saturated heterocycles. The van der Waals surface area contributed by atoms with Crippen molar-refractivity contribution in [2.45, 2.75) is 11.6 Å². The number of carbonyl (C=O) groups is 3. The molecule has 2 aliphatic rings. The highest BCUT2D eigenvalue weighted by atomic mass is 35.5. The summed E-state index contributed by atoms with van der Waals surface area (Å²) >= 11 is 5.97. The van der Waals surface area contributed by atoms with Crippen LogP contribution in [0.25, 0.3) is 0 Å². The van der Waals surface area contributed by atoms with Gasteiger partial charge in [-0.25, -0.2) is 4.39 Å². The topological polar surface area (TPSA) is 132 Å². The van der Waals surface area contributed by atoms with E-state index in [2.05, 4.69) is 37.8 Å². The first kappa shape index (κ1) is 26.5. The lowest BCUT2D eigenvalue weighted by Gasteiger charge is -2.33. The number of nitrogens with zero attached hydrogens (tertiary/aromatic N) is 3. The molecule has 0 aromatic heterocycles. The first-order valence-electron chi connectivity index (χ1n) is 11.9. The standard InChI is InChI=1S/C25H29ClFN7O3/c1-33-10-12-34(13-11-33)9-8-29-23(36)21-25(24(28)37,31-15-30-21)16-2-5-18(6-3-16)32-22(35)19-7-4-17(27)14-20(19)26/h2-7,14-15,21H,8-13H2,1H3,(H2,28,37)(H,29,36)(H,30,31)(H,32,35). The molecule has 0 aliphatic carbocycles.